The Balaban J connectivity index is 0.00000288. The number of anilines is 1. The zero-order valence-electron chi connectivity index (χ0n) is 14.7. The van der Waals surface area contributed by atoms with Gasteiger partial charge in [-0.15, -0.1) is 12.4 Å². The first-order valence-electron chi connectivity index (χ1n) is 8.13. The largest absolute Gasteiger partial charge is 0.399 e. The van der Waals surface area contributed by atoms with E-state index >= 15 is 0 Å². The summed E-state index contributed by atoms with van der Waals surface area (Å²) in [6.07, 6.45) is 1.16. The van der Waals surface area contributed by atoms with Gasteiger partial charge in [-0.3, -0.25) is 4.79 Å². The molecule has 0 bridgehead atoms. The highest BCUT2D eigenvalue weighted by atomic mass is 35.5. The van der Waals surface area contributed by atoms with Gasteiger partial charge in [0, 0.05) is 25.7 Å². The summed E-state index contributed by atoms with van der Waals surface area (Å²) in [5.41, 5.74) is 10.2. The Morgan fingerprint density at radius 3 is 2.29 bits per heavy atom. The minimum absolute atomic E-state index is 0. The number of halogens is 1. The SMILES string of the molecule is CC(C)c1ccc(CN(C)C(=O)CCc2ccccc2N)cc1.Cl. The van der Waals surface area contributed by atoms with E-state index in [-0.39, 0.29) is 18.3 Å². The van der Waals surface area contributed by atoms with Gasteiger partial charge in [0.15, 0.2) is 0 Å². The van der Waals surface area contributed by atoms with Crippen LogP contribution in [0.5, 0.6) is 0 Å². The summed E-state index contributed by atoms with van der Waals surface area (Å²) in [5.74, 6) is 0.668. The summed E-state index contributed by atoms with van der Waals surface area (Å²) >= 11 is 0. The number of nitrogen functional groups attached to an aromatic ring is 1. The van der Waals surface area contributed by atoms with Crippen molar-refractivity contribution in [3.05, 3.63) is 65.2 Å². The highest BCUT2D eigenvalue weighted by Gasteiger charge is 2.10. The summed E-state index contributed by atoms with van der Waals surface area (Å²) in [4.78, 5) is 14.1. The van der Waals surface area contributed by atoms with Crippen LogP contribution >= 0.6 is 12.4 Å². The molecule has 3 nitrogen and oxygen atoms in total. The zero-order chi connectivity index (χ0) is 16.8. The van der Waals surface area contributed by atoms with Crippen LogP contribution in [0.2, 0.25) is 0 Å². The van der Waals surface area contributed by atoms with E-state index in [1.807, 2.05) is 31.3 Å². The number of benzene rings is 2. The normalized spacial score (nSPS) is 10.3. The Bertz CT molecular complexity index is 653. The summed E-state index contributed by atoms with van der Waals surface area (Å²) < 4.78 is 0. The number of nitrogens with zero attached hydrogens (tertiary/aromatic N) is 1. The van der Waals surface area contributed by atoms with Gasteiger partial charge in [0.25, 0.3) is 0 Å². The lowest BCUT2D eigenvalue weighted by Crippen LogP contribution is -2.26. The van der Waals surface area contributed by atoms with Crippen LogP contribution < -0.4 is 5.73 Å². The predicted octanol–water partition coefficient (Wildman–Crippen LogP) is 4.41. The number of para-hydroxylation sites is 1. The van der Waals surface area contributed by atoms with Gasteiger partial charge in [-0.2, -0.15) is 0 Å². The predicted molar refractivity (Wildman–Crippen MR) is 103 cm³/mol. The van der Waals surface area contributed by atoms with Gasteiger partial charge in [0.2, 0.25) is 5.91 Å². The van der Waals surface area contributed by atoms with Gasteiger partial charge in [-0.1, -0.05) is 56.3 Å². The summed E-state index contributed by atoms with van der Waals surface area (Å²) in [7, 11) is 1.85. The van der Waals surface area contributed by atoms with Crippen LogP contribution in [0.15, 0.2) is 48.5 Å². The van der Waals surface area contributed by atoms with Crippen molar-refractivity contribution >= 4 is 24.0 Å². The summed E-state index contributed by atoms with van der Waals surface area (Å²) in [6.45, 7) is 5.00. The third-order valence-electron chi connectivity index (χ3n) is 4.16. The molecule has 2 rings (SSSR count). The Labute approximate surface area is 151 Å². The summed E-state index contributed by atoms with van der Waals surface area (Å²) in [5, 5.41) is 0. The van der Waals surface area contributed by atoms with Crippen molar-refractivity contribution in [1.82, 2.24) is 4.90 Å². The monoisotopic (exact) mass is 346 g/mol. The molecule has 2 aromatic carbocycles. The third kappa shape index (κ3) is 5.57. The Hall–Kier alpha value is -2.00. The fourth-order valence-electron chi connectivity index (χ4n) is 2.56. The molecule has 0 radical (unpaired) electrons. The van der Waals surface area contributed by atoms with Gasteiger partial charge in [-0.25, -0.2) is 0 Å². The quantitative estimate of drug-likeness (QED) is 0.788. The van der Waals surface area contributed by atoms with Crippen molar-refractivity contribution in [2.75, 3.05) is 12.8 Å². The summed E-state index contributed by atoms with van der Waals surface area (Å²) in [6, 6.07) is 16.2. The van der Waals surface area contributed by atoms with E-state index in [0.717, 1.165) is 16.8 Å². The smallest absolute Gasteiger partial charge is 0.222 e. The van der Waals surface area contributed by atoms with Crippen LogP contribution in [-0.4, -0.2) is 17.9 Å². The average Bonchev–Trinajstić information content (AvgIpc) is 2.54. The first kappa shape index (κ1) is 20.0. The van der Waals surface area contributed by atoms with E-state index in [2.05, 4.69) is 38.1 Å². The molecule has 4 heteroatoms. The van der Waals surface area contributed by atoms with E-state index in [0.29, 0.717) is 25.3 Å². The Morgan fingerprint density at radius 1 is 1.08 bits per heavy atom. The first-order chi connectivity index (χ1) is 11.0. The maximum atomic E-state index is 12.3. The number of nitrogens with two attached hydrogens (primary N) is 1. The second-order valence-corrected chi connectivity index (χ2v) is 6.34. The molecule has 0 aliphatic rings. The maximum Gasteiger partial charge on any atom is 0.222 e. The standard InChI is InChI=1S/C20H26N2O.ClH/c1-15(2)17-10-8-16(9-11-17)14-22(3)20(23)13-12-18-6-4-5-7-19(18)21;/h4-11,15H,12-14,21H2,1-3H3;1H. The second-order valence-electron chi connectivity index (χ2n) is 6.34. The van der Waals surface area contributed by atoms with Crippen LogP contribution in [0.3, 0.4) is 0 Å². The molecular weight excluding hydrogens is 320 g/mol. The topological polar surface area (TPSA) is 46.3 Å². The molecule has 0 aliphatic heterocycles. The molecule has 24 heavy (non-hydrogen) atoms. The molecule has 1 amide bonds. The first-order valence-corrected chi connectivity index (χ1v) is 8.13. The minimum atomic E-state index is 0. The number of carbonyl (C=O) groups is 1. The number of amides is 1. The fraction of sp³-hybridized carbons (Fsp3) is 0.350. The lowest BCUT2D eigenvalue weighted by Gasteiger charge is -2.18. The third-order valence-corrected chi connectivity index (χ3v) is 4.16. The lowest BCUT2D eigenvalue weighted by atomic mass is 10.0. The highest BCUT2D eigenvalue weighted by Crippen LogP contribution is 2.16. The molecule has 0 atom stereocenters. The van der Waals surface area contributed by atoms with Crippen molar-refractivity contribution in [3.63, 3.8) is 0 Å². The van der Waals surface area contributed by atoms with E-state index in [4.69, 9.17) is 5.73 Å². The van der Waals surface area contributed by atoms with E-state index in [1.54, 1.807) is 4.90 Å². The van der Waals surface area contributed by atoms with Gasteiger partial charge >= 0.3 is 0 Å². The molecule has 0 aliphatic carbocycles. The van der Waals surface area contributed by atoms with E-state index < -0.39 is 0 Å². The molecule has 0 unspecified atom stereocenters. The van der Waals surface area contributed by atoms with Gasteiger partial charge in [-0.05, 0) is 35.1 Å². The minimum Gasteiger partial charge on any atom is -0.399 e. The van der Waals surface area contributed by atoms with Crippen LogP contribution in [-0.2, 0) is 17.8 Å². The molecule has 2 aromatic rings. The molecule has 0 heterocycles. The lowest BCUT2D eigenvalue weighted by molar-refractivity contribution is -0.130. The van der Waals surface area contributed by atoms with Crippen molar-refractivity contribution in [2.24, 2.45) is 0 Å². The molecular formula is C20H27ClN2O. The van der Waals surface area contributed by atoms with Crippen molar-refractivity contribution < 1.29 is 4.79 Å². The Kier molecular flexibility index (Phi) is 7.80. The van der Waals surface area contributed by atoms with Crippen molar-refractivity contribution in [1.29, 1.82) is 0 Å². The van der Waals surface area contributed by atoms with E-state index in [1.165, 1.54) is 5.56 Å². The van der Waals surface area contributed by atoms with Gasteiger partial charge < -0.3 is 10.6 Å². The molecule has 0 aromatic heterocycles. The van der Waals surface area contributed by atoms with Crippen LogP contribution in [0.1, 0.15) is 42.9 Å². The van der Waals surface area contributed by atoms with Crippen LogP contribution in [0.4, 0.5) is 5.69 Å². The molecule has 0 saturated heterocycles. The molecule has 0 spiro atoms. The number of aryl methyl sites for hydroxylation is 1. The highest BCUT2D eigenvalue weighted by molar-refractivity contribution is 5.85. The van der Waals surface area contributed by atoms with Crippen LogP contribution in [0.25, 0.3) is 0 Å². The number of hydrogen-bond acceptors (Lipinski definition) is 2. The number of hydrogen-bond donors (Lipinski definition) is 1. The van der Waals surface area contributed by atoms with Gasteiger partial charge in [0.05, 0.1) is 0 Å². The molecule has 0 fully saturated rings. The zero-order valence-corrected chi connectivity index (χ0v) is 15.5. The second kappa shape index (κ2) is 9.33. The number of rotatable bonds is 6. The number of carbonyl (C=O) groups excluding carboxylic acids is 1. The Morgan fingerprint density at radius 2 is 1.71 bits per heavy atom. The van der Waals surface area contributed by atoms with E-state index in [9.17, 15) is 4.79 Å². The van der Waals surface area contributed by atoms with Crippen LogP contribution in [0, 0.1) is 0 Å². The average molecular weight is 347 g/mol. The maximum absolute atomic E-state index is 12.3. The molecule has 2 N–H and O–H groups in total. The fourth-order valence-corrected chi connectivity index (χ4v) is 2.56. The molecule has 130 valence electrons. The van der Waals surface area contributed by atoms with Crippen molar-refractivity contribution in [3.8, 4) is 0 Å². The van der Waals surface area contributed by atoms with Gasteiger partial charge in [0.1, 0.15) is 0 Å². The van der Waals surface area contributed by atoms with Crippen molar-refractivity contribution in [2.45, 2.75) is 39.2 Å². The molecule has 0 saturated carbocycles.